The first-order valence-corrected chi connectivity index (χ1v) is 7.87. The van der Waals surface area contributed by atoms with E-state index in [9.17, 15) is 9.90 Å². The summed E-state index contributed by atoms with van der Waals surface area (Å²) < 4.78 is 0.884. The van der Waals surface area contributed by atoms with E-state index in [4.69, 9.17) is 0 Å². The topological polar surface area (TPSA) is 61.4 Å². The van der Waals surface area contributed by atoms with Gasteiger partial charge in [-0.25, -0.2) is 0 Å². The van der Waals surface area contributed by atoms with E-state index in [2.05, 4.69) is 26.6 Å². The minimum atomic E-state index is -0.120. The molecule has 0 atom stereocenters. The molecule has 0 spiro atoms. The van der Waals surface area contributed by atoms with Gasteiger partial charge < -0.3 is 15.7 Å². The molecule has 2 rings (SSSR count). The van der Waals surface area contributed by atoms with Crippen molar-refractivity contribution in [2.75, 3.05) is 18.4 Å². The molecule has 1 amide bonds. The molecule has 0 unspecified atom stereocenters. The number of aliphatic hydroxyl groups excluding tert-OH is 1. The Labute approximate surface area is 128 Å². The van der Waals surface area contributed by atoms with E-state index < -0.39 is 0 Å². The number of hydrogen-bond donors (Lipinski definition) is 3. The predicted molar refractivity (Wildman–Crippen MR) is 83.6 cm³/mol. The molecule has 5 heteroatoms. The standard InChI is InChI=1S/C15H21BrN2O2/c16-13-3-1-2-4-14(13)18-15(20)10-17-9-11-5-7-12(19)8-6-11/h1-4,11-12,17,19H,5-10H2,(H,18,20). The third kappa shape index (κ3) is 4.89. The number of amides is 1. The van der Waals surface area contributed by atoms with Crippen molar-refractivity contribution in [2.45, 2.75) is 31.8 Å². The quantitative estimate of drug-likeness (QED) is 0.771. The Morgan fingerprint density at radius 2 is 1.95 bits per heavy atom. The monoisotopic (exact) mass is 340 g/mol. The number of carbonyl (C=O) groups excluding carboxylic acids is 1. The van der Waals surface area contributed by atoms with E-state index in [-0.39, 0.29) is 12.0 Å². The van der Waals surface area contributed by atoms with Crippen LogP contribution in [0.25, 0.3) is 0 Å². The molecule has 0 aliphatic heterocycles. The molecule has 0 radical (unpaired) electrons. The van der Waals surface area contributed by atoms with Gasteiger partial charge in [0.05, 0.1) is 18.3 Å². The highest BCUT2D eigenvalue weighted by Gasteiger charge is 2.19. The third-order valence-electron chi connectivity index (χ3n) is 3.68. The first kappa shape index (κ1) is 15.5. The summed E-state index contributed by atoms with van der Waals surface area (Å²) in [5, 5.41) is 15.5. The van der Waals surface area contributed by atoms with Crippen LogP contribution in [0.3, 0.4) is 0 Å². The van der Waals surface area contributed by atoms with Crippen LogP contribution in [0.2, 0.25) is 0 Å². The fourth-order valence-electron chi connectivity index (χ4n) is 2.50. The fourth-order valence-corrected chi connectivity index (χ4v) is 2.88. The van der Waals surface area contributed by atoms with Gasteiger partial charge >= 0.3 is 0 Å². The highest BCUT2D eigenvalue weighted by atomic mass is 79.9. The normalized spacial score (nSPS) is 22.5. The van der Waals surface area contributed by atoms with Gasteiger partial charge in [-0.05, 0) is 66.2 Å². The molecule has 3 N–H and O–H groups in total. The molecule has 0 aromatic heterocycles. The van der Waals surface area contributed by atoms with Gasteiger partial charge in [-0.2, -0.15) is 0 Å². The molecule has 0 heterocycles. The summed E-state index contributed by atoms with van der Waals surface area (Å²) in [5.41, 5.74) is 0.792. The first-order valence-electron chi connectivity index (χ1n) is 7.08. The van der Waals surface area contributed by atoms with Crippen molar-refractivity contribution < 1.29 is 9.90 Å². The number of rotatable bonds is 5. The second-order valence-electron chi connectivity index (χ2n) is 5.33. The van der Waals surface area contributed by atoms with E-state index in [1.807, 2.05) is 24.3 Å². The summed E-state index contributed by atoms with van der Waals surface area (Å²) in [5.74, 6) is 0.544. The summed E-state index contributed by atoms with van der Waals surface area (Å²) in [6.45, 7) is 1.16. The van der Waals surface area contributed by atoms with Crippen molar-refractivity contribution in [1.29, 1.82) is 0 Å². The van der Waals surface area contributed by atoms with Gasteiger partial charge in [0.2, 0.25) is 5.91 Å². The molecular weight excluding hydrogens is 320 g/mol. The third-order valence-corrected chi connectivity index (χ3v) is 4.37. The number of carbonyl (C=O) groups is 1. The summed E-state index contributed by atoms with van der Waals surface area (Å²) >= 11 is 3.40. The van der Waals surface area contributed by atoms with Crippen molar-refractivity contribution in [3.05, 3.63) is 28.7 Å². The van der Waals surface area contributed by atoms with Crippen molar-refractivity contribution >= 4 is 27.5 Å². The van der Waals surface area contributed by atoms with Gasteiger partial charge in [0.25, 0.3) is 0 Å². The van der Waals surface area contributed by atoms with E-state index in [1.165, 1.54) is 0 Å². The minimum absolute atomic E-state index is 0.0345. The largest absolute Gasteiger partial charge is 0.393 e. The Morgan fingerprint density at radius 3 is 2.65 bits per heavy atom. The average Bonchev–Trinajstić information content (AvgIpc) is 2.44. The molecule has 0 bridgehead atoms. The molecule has 1 saturated carbocycles. The van der Waals surface area contributed by atoms with Crippen LogP contribution < -0.4 is 10.6 Å². The van der Waals surface area contributed by atoms with Gasteiger partial charge in [0.1, 0.15) is 0 Å². The van der Waals surface area contributed by atoms with Gasteiger partial charge in [-0.3, -0.25) is 4.79 Å². The summed E-state index contributed by atoms with van der Waals surface area (Å²) in [6, 6.07) is 7.57. The maximum absolute atomic E-state index is 11.8. The Kier molecular flexibility index (Phi) is 6.01. The maximum atomic E-state index is 11.8. The average molecular weight is 341 g/mol. The molecule has 110 valence electrons. The van der Waals surface area contributed by atoms with Crippen molar-refractivity contribution in [3.63, 3.8) is 0 Å². The molecule has 1 aliphatic rings. The van der Waals surface area contributed by atoms with Crippen LogP contribution in [0.15, 0.2) is 28.7 Å². The van der Waals surface area contributed by atoms with E-state index in [1.54, 1.807) is 0 Å². The number of benzene rings is 1. The predicted octanol–water partition coefficient (Wildman–Crippen LogP) is 2.53. The smallest absolute Gasteiger partial charge is 0.238 e. The zero-order chi connectivity index (χ0) is 14.4. The highest BCUT2D eigenvalue weighted by Crippen LogP contribution is 2.23. The van der Waals surface area contributed by atoms with Crippen LogP contribution in [0.4, 0.5) is 5.69 Å². The van der Waals surface area contributed by atoms with E-state index in [0.29, 0.717) is 12.5 Å². The molecule has 4 nitrogen and oxygen atoms in total. The molecular formula is C15H21BrN2O2. The number of para-hydroxylation sites is 1. The van der Waals surface area contributed by atoms with Crippen LogP contribution >= 0.6 is 15.9 Å². The van der Waals surface area contributed by atoms with Crippen LogP contribution in [0.5, 0.6) is 0 Å². The van der Waals surface area contributed by atoms with Crippen LogP contribution in [-0.2, 0) is 4.79 Å². The highest BCUT2D eigenvalue weighted by molar-refractivity contribution is 9.10. The molecule has 1 fully saturated rings. The number of nitrogens with one attached hydrogen (secondary N) is 2. The number of anilines is 1. The summed E-state index contributed by atoms with van der Waals surface area (Å²) in [4.78, 5) is 11.8. The zero-order valence-corrected chi connectivity index (χ0v) is 13.0. The summed E-state index contributed by atoms with van der Waals surface area (Å²) in [7, 11) is 0. The lowest BCUT2D eigenvalue weighted by atomic mass is 9.87. The van der Waals surface area contributed by atoms with Gasteiger partial charge in [0.15, 0.2) is 0 Å². The second kappa shape index (κ2) is 7.76. The SMILES string of the molecule is O=C(CNCC1CCC(O)CC1)Nc1ccccc1Br. The molecule has 1 aromatic rings. The van der Waals surface area contributed by atoms with Crippen LogP contribution in [0, 0.1) is 5.92 Å². The number of hydrogen-bond acceptors (Lipinski definition) is 3. The minimum Gasteiger partial charge on any atom is -0.393 e. The fraction of sp³-hybridized carbons (Fsp3) is 0.533. The Balaban J connectivity index is 1.67. The van der Waals surface area contributed by atoms with Gasteiger partial charge in [0, 0.05) is 4.47 Å². The Morgan fingerprint density at radius 1 is 1.25 bits per heavy atom. The molecule has 0 saturated heterocycles. The van der Waals surface area contributed by atoms with Crippen molar-refractivity contribution in [2.24, 2.45) is 5.92 Å². The summed E-state index contributed by atoms with van der Waals surface area (Å²) in [6.07, 6.45) is 3.73. The molecule has 20 heavy (non-hydrogen) atoms. The van der Waals surface area contributed by atoms with E-state index in [0.717, 1.165) is 42.4 Å². The Hall–Kier alpha value is -0.910. The lowest BCUT2D eigenvalue weighted by Gasteiger charge is -2.25. The van der Waals surface area contributed by atoms with Gasteiger partial charge in [-0.1, -0.05) is 12.1 Å². The Bertz CT molecular complexity index is 445. The van der Waals surface area contributed by atoms with Crippen molar-refractivity contribution in [1.82, 2.24) is 5.32 Å². The molecule has 1 aliphatic carbocycles. The van der Waals surface area contributed by atoms with E-state index >= 15 is 0 Å². The van der Waals surface area contributed by atoms with Crippen molar-refractivity contribution in [3.8, 4) is 0 Å². The van der Waals surface area contributed by atoms with Crippen LogP contribution in [-0.4, -0.2) is 30.2 Å². The lowest BCUT2D eigenvalue weighted by Crippen LogP contribution is -2.33. The van der Waals surface area contributed by atoms with Crippen LogP contribution in [0.1, 0.15) is 25.7 Å². The molecule has 1 aromatic carbocycles. The first-order chi connectivity index (χ1) is 9.65. The maximum Gasteiger partial charge on any atom is 0.238 e. The second-order valence-corrected chi connectivity index (χ2v) is 6.19. The zero-order valence-electron chi connectivity index (χ0n) is 11.4. The number of aliphatic hydroxyl groups is 1. The van der Waals surface area contributed by atoms with Gasteiger partial charge in [-0.15, -0.1) is 0 Å². The number of halogens is 1. The lowest BCUT2D eigenvalue weighted by molar-refractivity contribution is -0.115.